The van der Waals surface area contributed by atoms with E-state index in [1.165, 1.54) is 24.0 Å². The van der Waals surface area contributed by atoms with Crippen LogP contribution >= 0.6 is 24.8 Å². The summed E-state index contributed by atoms with van der Waals surface area (Å²) in [6, 6.07) is 18.6. The third-order valence-corrected chi connectivity index (χ3v) is 6.43. The van der Waals surface area contributed by atoms with Crippen molar-refractivity contribution in [2.24, 2.45) is 11.8 Å². The molecule has 0 aromatic heterocycles. The number of carboxylic acids is 1. The number of rotatable bonds is 10. The van der Waals surface area contributed by atoms with Crippen molar-refractivity contribution in [3.8, 4) is 0 Å². The van der Waals surface area contributed by atoms with E-state index in [4.69, 9.17) is 5.11 Å². The van der Waals surface area contributed by atoms with Gasteiger partial charge in [-0.25, -0.2) is 4.79 Å². The molecule has 2 fully saturated rings. The first-order valence-corrected chi connectivity index (χ1v) is 11.2. The lowest BCUT2D eigenvalue weighted by atomic mass is 9.95. The van der Waals surface area contributed by atoms with Crippen LogP contribution in [-0.2, 0) is 6.54 Å². The van der Waals surface area contributed by atoms with Gasteiger partial charge in [-0.15, -0.1) is 24.8 Å². The summed E-state index contributed by atoms with van der Waals surface area (Å²) in [5.74, 6) is 0.623. The largest absolute Gasteiger partial charge is 0.478 e. The van der Waals surface area contributed by atoms with Crippen molar-refractivity contribution in [2.45, 2.75) is 38.8 Å². The summed E-state index contributed by atoms with van der Waals surface area (Å²) < 4.78 is 0. The van der Waals surface area contributed by atoms with Gasteiger partial charge in [0.25, 0.3) is 0 Å². The molecular weight excluding hydrogens is 443 g/mol. The summed E-state index contributed by atoms with van der Waals surface area (Å²) in [6.45, 7) is 6.57. The molecular formula is C26H34Cl2N2O2. The lowest BCUT2D eigenvalue weighted by Gasteiger charge is -2.39. The second kappa shape index (κ2) is 12.4. The molecule has 2 aliphatic rings. The minimum absolute atomic E-state index is 0. The second-order valence-electron chi connectivity index (χ2n) is 8.74. The van der Waals surface area contributed by atoms with E-state index in [2.05, 4.69) is 53.5 Å². The summed E-state index contributed by atoms with van der Waals surface area (Å²) in [6.07, 6.45) is 6.01. The zero-order valence-electron chi connectivity index (χ0n) is 18.6. The number of aromatic carboxylic acids is 1. The van der Waals surface area contributed by atoms with Crippen molar-refractivity contribution in [2.75, 3.05) is 19.6 Å². The van der Waals surface area contributed by atoms with Crippen LogP contribution in [-0.4, -0.2) is 41.7 Å². The van der Waals surface area contributed by atoms with Gasteiger partial charge in [-0.3, -0.25) is 4.90 Å². The molecule has 0 spiro atoms. The standard InChI is InChI=1S/C26H32N2O2.2ClH/c1-2-22(14-19-6-4-3-5-7-19)24-15-25(24)27-13-12-21-17-28(18-21)16-20-8-10-23(11-9-20)26(29)30;;/h3-11,14,21,24-25,27H,2,12-13,15-18H2,1H3,(H,29,30);2*1H/b22-14+;;. The number of benzene rings is 2. The molecule has 32 heavy (non-hydrogen) atoms. The summed E-state index contributed by atoms with van der Waals surface area (Å²) in [4.78, 5) is 13.4. The van der Waals surface area contributed by atoms with Crippen LogP contribution in [0, 0.1) is 11.8 Å². The van der Waals surface area contributed by atoms with Gasteiger partial charge in [0.1, 0.15) is 0 Å². The van der Waals surface area contributed by atoms with Crippen molar-refractivity contribution < 1.29 is 9.90 Å². The van der Waals surface area contributed by atoms with Gasteiger partial charge in [-0.05, 0) is 60.9 Å². The molecule has 2 aromatic rings. The zero-order chi connectivity index (χ0) is 20.9. The van der Waals surface area contributed by atoms with Gasteiger partial charge in [-0.2, -0.15) is 0 Å². The van der Waals surface area contributed by atoms with E-state index in [1.54, 1.807) is 17.7 Å². The molecule has 0 amide bonds. The number of halogens is 2. The van der Waals surface area contributed by atoms with E-state index in [0.717, 1.165) is 38.5 Å². The maximum atomic E-state index is 10.9. The maximum absolute atomic E-state index is 10.9. The van der Waals surface area contributed by atoms with E-state index in [1.807, 2.05) is 12.1 Å². The van der Waals surface area contributed by atoms with E-state index in [0.29, 0.717) is 17.5 Å². The molecule has 6 heteroatoms. The molecule has 2 aromatic carbocycles. The average molecular weight is 477 g/mol. The van der Waals surface area contributed by atoms with Crippen molar-refractivity contribution >= 4 is 36.9 Å². The summed E-state index contributed by atoms with van der Waals surface area (Å²) in [7, 11) is 0. The lowest BCUT2D eigenvalue weighted by Crippen LogP contribution is -2.46. The van der Waals surface area contributed by atoms with Crippen LogP contribution < -0.4 is 5.32 Å². The van der Waals surface area contributed by atoms with Crippen LogP contribution in [0.3, 0.4) is 0 Å². The molecule has 1 saturated carbocycles. The Morgan fingerprint density at radius 1 is 1.09 bits per heavy atom. The lowest BCUT2D eigenvalue weighted by molar-refractivity contribution is 0.0696. The highest BCUT2D eigenvalue weighted by Crippen LogP contribution is 2.39. The topological polar surface area (TPSA) is 52.6 Å². The Labute approximate surface area is 203 Å². The second-order valence-corrected chi connectivity index (χ2v) is 8.74. The van der Waals surface area contributed by atoms with Crippen LogP contribution in [0.25, 0.3) is 6.08 Å². The van der Waals surface area contributed by atoms with E-state index >= 15 is 0 Å². The van der Waals surface area contributed by atoms with Gasteiger partial charge in [0.05, 0.1) is 5.56 Å². The van der Waals surface area contributed by atoms with Crippen molar-refractivity contribution in [1.29, 1.82) is 0 Å². The number of carbonyl (C=O) groups is 1. The molecule has 2 N–H and O–H groups in total. The Kier molecular flexibility index (Phi) is 10.2. The molecule has 0 radical (unpaired) electrons. The van der Waals surface area contributed by atoms with E-state index < -0.39 is 5.97 Å². The Morgan fingerprint density at radius 3 is 2.41 bits per heavy atom. The highest BCUT2D eigenvalue weighted by molar-refractivity contribution is 5.87. The van der Waals surface area contributed by atoms with Gasteiger partial charge < -0.3 is 10.4 Å². The first kappa shape index (κ1) is 26.4. The molecule has 2 unspecified atom stereocenters. The SMILES string of the molecule is CC/C(=C\c1ccccc1)C1CC1NCCC1CN(Cc2ccc(C(=O)O)cc2)C1.Cl.Cl. The normalized spacial score (nSPS) is 20.6. The zero-order valence-corrected chi connectivity index (χ0v) is 20.2. The number of hydrogen-bond donors (Lipinski definition) is 2. The Morgan fingerprint density at radius 2 is 1.78 bits per heavy atom. The van der Waals surface area contributed by atoms with Gasteiger partial charge in [0.2, 0.25) is 0 Å². The van der Waals surface area contributed by atoms with E-state index in [9.17, 15) is 4.79 Å². The number of carboxylic acid groups (broad SMARTS) is 1. The predicted octanol–water partition coefficient (Wildman–Crippen LogP) is 5.52. The van der Waals surface area contributed by atoms with Gasteiger partial charge in [-0.1, -0.05) is 61.0 Å². The van der Waals surface area contributed by atoms with Crippen LogP contribution in [0.15, 0.2) is 60.2 Å². The Bertz CT molecular complexity index is 880. The maximum Gasteiger partial charge on any atom is 0.335 e. The van der Waals surface area contributed by atoms with E-state index in [-0.39, 0.29) is 24.8 Å². The third-order valence-electron chi connectivity index (χ3n) is 6.43. The fourth-order valence-corrected chi connectivity index (χ4v) is 4.54. The highest BCUT2D eigenvalue weighted by Gasteiger charge is 2.38. The van der Waals surface area contributed by atoms with Crippen molar-refractivity contribution in [3.05, 3.63) is 76.9 Å². The number of hydrogen-bond acceptors (Lipinski definition) is 3. The fraction of sp³-hybridized carbons (Fsp3) is 0.423. The number of nitrogens with one attached hydrogen (secondary N) is 1. The molecule has 1 aliphatic heterocycles. The molecule has 4 nitrogen and oxygen atoms in total. The van der Waals surface area contributed by atoms with Crippen LogP contribution in [0.5, 0.6) is 0 Å². The summed E-state index contributed by atoms with van der Waals surface area (Å²) in [5, 5.41) is 12.8. The minimum atomic E-state index is -0.863. The third kappa shape index (κ3) is 7.08. The highest BCUT2D eigenvalue weighted by atomic mass is 35.5. The number of nitrogens with zero attached hydrogens (tertiary/aromatic N) is 1. The van der Waals surface area contributed by atoms with Crippen LogP contribution in [0.1, 0.15) is 47.7 Å². The number of likely N-dealkylation sites (tertiary alicyclic amines) is 1. The molecule has 1 aliphatic carbocycles. The van der Waals surface area contributed by atoms with Crippen molar-refractivity contribution in [1.82, 2.24) is 10.2 Å². The molecule has 2 atom stereocenters. The van der Waals surface area contributed by atoms with Crippen molar-refractivity contribution in [3.63, 3.8) is 0 Å². The first-order valence-electron chi connectivity index (χ1n) is 11.2. The van der Waals surface area contributed by atoms with Gasteiger partial charge >= 0.3 is 5.97 Å². The Balaban J connectivity index is 0.00000181. The smallest absolute Gasteiger partial charge is 0.335 e. The molecule has 4 rings (SSSR count). The molecule has 1 saturated heterocycles. The first-order chi connectivity index (χ1) is 14.6. The Hall–Kier alpha value is -1.85. The minimum Gasteiger partial charge on any atom is -0.478 e. The predicted molar refractivity (Wildman–Crippen MR) is 136 cm³/mol. The average Bonchev–Trinajstić information content (AvgIpc) is 3.50. The fourth-order valence-electron chi connectivity index (χ4n) is 4.54. The monoisotopic (exact) mass is 476 g/mol. The summed E-state index contributed by atoms with van der Waals surface area (Å²) in [5.41, 5.74) is 4.43. The molecule has 174 valence electrons. The molecule has 1 heterocycles. The van der Waals surface area contributed by atoms with Gasteiger partial charge in [0.15, 0.2) is 0 Å². The van der Waals surface area contributed by atoms with Crippen LogP contribution in [0.2, 0.25) is 0 Å². The van der Waals surface area contributed by atoms with Gasteiger partial charge in [0, 0.05) is 25.7 Å². The summed E-state index contributed by atoms with van der Waals surface area (Å²) >= 11 is 0. The molecule has 0 bridgehead atoms. The van der Waals surface area contributed by atoms with Crippen LogP contribution in [0.4, 0.5) is 0 Å². The quantitative estimate of drug-likeness (QED) is 0.473.